The molecule has 0 saturated heterocycles. The monoisotopic (exact) mass is 320 g/mol. The SMILES string of the molecule is CCCCN(C)C(=O)c1nc(C(=O)NC(C)C)n2c1CCCC2. The van der Waals surface area contributed by atoms with E-state index in [-0.39, 0.29) is 17.9 Å². The smallest absolute Gasteiger partial charge is 0.287 e. The third-order valence-electron chi connectivity index (χ3n) is 4.14. The van der Waals surface area contributed by atoms with Crippen molar-refractivity contribution in [2.45, 2.75) is 65.5 Å². The van der Waals surface area contributed by atoms with Crippen LogP contribution in [0.1, 0.15) is 73.3 Å². The summed E-state index contributed by atoms with van der Waals surface area (Å²) in [5.41, 5.74) is 1.37. The second-order valence-electron chi connectivity index (χ2n) is 6.55. The first-order valence-electron chi connectivity index (χ1n) is 8.61. The maximum atomic E-state index is 12.7. The molecule has 0 unspecified atom stereocenters. The summed E-state index contributed by atoms with van der Waals surface area (Å²) < 4.78 is 1.93. The first-order valence-corrected chi connectivity index (χ1v) is 8.61. The van der Waals surface area contributed by atoms with Crippen molar-refractivity contribution in [3.8, 4) is 0 Å². The van der Waals surface area contributed by atoms with E-state index in [1.165, 1.54) is 0 Å². The summed E-state index contributed by atoms with van der Waals surface area (Å²) in [5.74, 6) is 0.103. The minimum atomic E-state index is -0.196. The molecule has 23 heavy (non-hydrogen) atoms. The molecule has 1 aliphatic rings. The average Bonchev–Trinajstić information content (AvgIpc) is 2.91. The number of nitrogens with one attached hydrogen (secondary N) is 1. The third-order valence-corrected chi connectivity index (χ3v) is 4.14. The van der Waals surface area contributed by atoms with Crippen LogP contribution in [0.3, 0.4) is 0 Å². The maximum Gasteiger partial charge on any atom is 0.287 e. The molecule has 0 aromatic carbocycles. The van der Waals surface area contributed by atoms with Crippen LogP contribution in [0.4, 0.5) is 0 Å². The van der Waals surface area contributed by atoms with Gasteiger partial charge in [0.2, 0.25) is 0 Å². The summed E-state index contributed by atoms with van der Waals surface area (Å²) >= 11 is 0. The summed E-state index contributed by atoms with van der Waals surface area (Å²) in [6, 6.07) is 0.0467. The molecule has 2 amide bonds. The van der Waals surface area contributed by atoms with Crippen LogP contribution < -0.4 is 5.32 Å². The van der Waals surface area contributed by atoms with Gasteiger partial charge >= 0.3 is 0 Å². The Balaban J connectivity index is 2.31. The van der Waals surface area contributed by atoms with Crippen molar-refractivity contribution in [2.75, 3.05) is 13.6 Å². The Hall–Kier alpha value is -1.85. The van der Waals surface area contributed by atoms with Crippen LogP contribution in [0.15, 0.2) is 0 Å². The van der Waals surface area contributed by atoms with Crippen LogP contribution in [0.5, 0.6) is 0 Å². The van der Waals surface area contributed by atoms with Crippen LogP contribution in [0.25, 0.3) is 0 Å². The normalized spacial score (nSPS) is 13.8. The highest BCUT2D eigenvalue weighted by atomic mass is 16.2. The minimum Gasteiger partial charge on any atom is -0.347 e. The van der Waals surface area contributed by atoms with E-state index < -0.39 is 0 Å². The molecule has 1 aromatic rings. The van der Waals surface area contributed by atoms with E-state index in [1.54, 1.807) is 11.9 Å². The van der Waals surface area contributed by atoms with E-state index in [0.717, 1.165) is 50.9 Å². The van der Waals surface area contributed by atoms with Crippen molar-refractivity contribution in [2.24, 2.45) is 0 Å². The fourth-order valence-corrected chi connectivity index (χ4v) is 2.89. The molecule has 2 heterocycles. The van der Waals surface area contributed by atoms with Crippen molar-refractivity contribution in [3.05, 3.63) is 17.2 Å². The van der Waals surface area contributed by atoms with Crippen LogP contribution >= 0.6 is 0 Å². The molecular formula is C17H28N4O2. The van der Waals surface area contributed by atoms with Crippen LogP contribution in [-0.2, 0) is 13.0 Å². The lowest BCUT2D eigenvalue weighted by Gasteiger charge is -2.19. The van der Waals surface area contributed by atoms with Crippen molar-refractivity contribution in [3.63, 3.8) is 0 Å². The Bertz CT molecular complexity index is 577. The molecule has 2 rings (SSSR count). The summed E-state index contributed by atoms with van der Waals surface area (Å²) in [4.78, 5) is 31.2. The maximum absolute atomic E-state index is 12.7. The molecule has 0 bridgehead atoms. The number of unbranched alkanes of at least 4 members (excludes halogenated alkanes) is 1. The quantitative estimate of drug-likeness (QED) is 0.874. The average molecular weight is 320 g/mol. The van der Waals surface area contributed by atoms with Gasteiger partial charge in [-0.2, -0.15) is 0 Å². The third kappa shape index (κ3) is 3.92. The molecule has 1 N–H and O–H groups in total. The first-order chi connectivity index (χ1) is 11.0. The topological polar surface area (TPSA) is 67.2 Å². The Morgan fingerprint density at radius 1 is 1.35 bits per heavy atom. The molecule has 128 valence electrons. The van der Waals surface area contributed by atoms with Crippen LogP contribution in [0, 0.1) is 0 Å². The van der Waals surface area contributed by atoms with Gasteiger partial charge in [-0.25, -0.2) is 4.98 Å². The zero-order valence-electron chi connectivity index (χ0n) is 14.7. The van der Waals surface area contributed by atoms with Crippen LogP contribution in [-0.4, -0.2) is 45.9 Å². The summed E-state index contributed by atoms with van der Waals surface area (Å²) in [5, 5.41) is 2.88. The number of fused-ring (bicyclic) bond motifs is 1. The van der Waals surface area contributed by atoms with E-state index in [9.17, 15) is 9.59 Å². The molecule has 0 spiro atoms. The molecule has 0 saturated carbocycles. The van der Waals surface area contributed by atoms with Crippen LogP contribution in [0.2, 0.25) is 0 Å². The summed E-state index contributed by atoms with van der Waals surface area (Å²) in [7, 11) is 1.81. The summed E-state index contributed by atoms with van der Waals surface area (Å²) in [6.07, 6.45) is 4.88. The van der Waals surface area contributed by atoms with Gasteiger partial charge in [0, 0.05) is 26.2 Å². The highest BCUT2D eigenvalue weighted by molar-refractivity contribution is 5.97. The predicted molar refractivity (Wildman–Crippen MR) is 89.6 cm³/mol. The van der Waals surface area contributed by atoms with Crippen molar-refractivity contribution in [1.29, 1.82) is 0 Å². The fourth-order valence-electron chi connectivity index (χ4n) is 2.89. The van der Waals surface area contributed by atoms with E-state index in [2.05, 4.69) is 17.2 Å². The number of carbonyl (C=O) groups excluding carboxylic acids is 2. The lowest BCUT2D eigenvalue weighted by Crippen LogP contribution is -2.33. The van der Waals surface area contributed by atoms with Gasteiger partial charge in [-0.1, -0.05) is 13.3 Å². The molecule has 1 aromatic heterocycles. The predicted octanol–water partition coefficient (Wildman–Crippen LogP) is 2.23. The Kier molecular flexibility index (Phi) is 5.80. The molecule has 0 fully saturated rings. The Morgan fingerprint density at radius 2 is 2.09 bits per heavy atom. The number of nitrogens with zero attached hydrogens (tertiary/aromatic N) is 3. The van der Waals surface area contributed by atoms with E-state index in [0.29, 0.717) is 11.5 Å². The number of rotatable bonds is 6. The number of hydrogen-bond acceptors (Lipinski definition) is 3. The lowest BCUT2D eigenvalue weighted by molar-refractivity contribution is 0.0786. The Morgan fingerprint density at radius 3 is 2.74 bits per heavy atom. The van der Waals surface area contributed by atoms with Gasteiger partial charge in [-0.15, -0.1) is 0 Å². The second kappa shape index (κ2) is 7.62. The van der Waals surface area contributed by atoms with Crippen molar-refractivity contribution >= 4 is 11.8 Å². The number of imidazole rings is 1. The van der Waals surface area contributed by atoms with Gasteiger partial charge in [0.1, 0.15) is 5.69 Å². The van der Waals surface area contributed by atoms with Crippen molar-refractivity contribution in [1.82, 2.24) is 19.8 Å². The van der Waals surface area contributed by atoms with Crippen molar-refractivity contribution < 1.29 is 9.59 Å². The van der Waals surface area contributed by atoms with Gasteiger partial charge in [0.25, 0.3) is 11.8 Å². The van der Waals surface area contributed by atoms with Gasteiger partial charge < -0.3 is 14.8 Å². The zero-order valence-corrected chi connectivity index (χ0v) is 14.7. The fraction of sp³-hybridized carbons (Fsp3) is 0.706. The van der Waals surface area contributed by atoms with Gasteiger partial charge in [0.05, 0.1) is 5.69 Å². The molecule has 0 radical (unpaired) electrons. The highest BCUT2D eigenvalue weighted by Gasteiger charge is 2.28. The van der Waals surface area contributed by atoms with E-state index in [4.69, 9.17) is 0 Å². The molecule has 0 aliphatic carbocycles. The molecular weight excluding hydrogens is 292 g/mol. The van der Waals surface area contributed by atoms with Gasteiger partial charge in [0.15, 0.2) is 5.82 Å². The molecule has 1 aliphatic heterocycles. The lowest BCUT2D eigenvalue weighted by atomic mass is 10.1. The molecule has 6 heteroatoms. The minimum absolute atomic E-state index is 0.0467. The Labute approximate surface area is 138 Å². The molecule has 0 atom stereocenters. The highest BCUT2D eigenvalue weighted by Crippen LogP contribution is 2.22. The second-order valence-corrected chi connectivity index (χ2v) is 6.55. The first kappa shape index (κ1) is 17.5. The largest absolute Gasteiger partial charge is 0.347 e. The zero-order chi connectivity index (χ0) is 17.0. The standard InChI is InChI=1S/C17H28N4O2/c1-5-6-10-20(4)17(23)14-13-9-7-8-11-21(13)15(19-14)16(22)18-12(2)3/h12H,5-11H2,1-4H3,(H,18,22). The summed E-state index contributed by atoms with van der Waals surface area (Å²) in [6.45, 7) is 7.42. The van der Waals surface area contributed by atoms with Gasteiger partial charge in [-0.05, 0) is 39.5 Å². The van der Waals surface area contributed by atoms with Gasteiger partial charge in [-0.3, -0.25) is 9.59 Å². The number of carbonyl (C=O) groups is 2. The van der Waals surface area contributed by atoms with E-state index >= 15 is 0 Å². The number of amides is 2. The number of aromatic nitrogens is 2. The molecule has 6 nitrogen and oxygen atoms in total. The number of hydrogen-bond donors (Lipinski definition) is 1. The van der Waals surface area contributed by atoms with E-state index in [1.807, 2.05) is 18.4 Å².